The second-order valence-corrected chi connectivity index (χ2v) is 15.9. The summed E-state index contributed by atoms with van der Waals surface area (Å²) in [5.74, 6) is 0.415. The third kappa shape index (κ3) is 6.54. The van der Waals surface area contributed by atoms with Crippen LogP contribution in [0.2, 0.25) is 0 Å². The van der Waals surface area contributed by atoms with Gasteiger partial charge in [-0.05, 0) is 58.1 Å². The summed E-state index contributed by atoms with van der Waals surface area (Å²) in [5.41, 5.74) is 2.34. The Morgan fingerprint density at radius 2 is 1.07 bits per heavy atom. The Balaban J connectivity index is 1.81. The van der Waals surface area contributed by atoms with Gasteiger partial charge in [0.05, 0.1) is 10.9 Å². The molecule has 0 amide bonds. The first-order valence-electron chi connectivity index (χ1n) is 15.0. The van der Waals surface area contributed by atoms with Gasteiger partial charge in [-0.2, -0.15) is 0 Å². The van der Waals surface area contributed by atoms with Gasteiger partial charge in [0, 0.05) is 39.9 Å². The van der Waals surface area contributed by atoms with Gasteiger partial charge in [0.1, 0.15) is 28.6 Å². The maximum Gasteiger partial charge on any atom is 0.343 e. The van der Waals surface area contributed by atoms with Crippen molar-refractivity contribution in [3.05, 3.63) is 86.6 Å². The molecule has 234 valence electrons. The van der Waals surface area contributed by atoms with E-state index in [1.54, 1.807) is 30.3 Å². The molecule has 6 nitrogen and oxygen atoms in total. The molecule has 0 aliphatic heterocycles. The number of carbonyl (C=O) groups excluding carboxylic acids is 1. The lowest BCUT2D eigenvalue weighted by atomic mass is 9.78. The molecule has 0 fully saturated rings. The molecule has 0 unspecified atom stereocenters. The zero-order valence-electron chi connectivity index (χ0n) is 28.1. The second kappa shape index (κ2) is 10.8. The molecular weight excluding hydrogens is 552 g/mol. The minimum absolute atomic E-state index is 0.181. The number of benzene rings is 3. The van der Waals surface area contributed by atoms with Crippen molar-refractivity contribution < 1.29 is 24.2 Å². The van der Waals surface area contributed by atoms with Gasteiger partial charge in [0.15, 0.2) is 5.43 Å². The zero-order valence-corrected chi connectivity index (χ0v) is 28.1. The van der Waals surface area contributed by atoms with Crippen LogP contribution in [0.1, 0.15) is 116 Å². The van der Waals surface area contributed by atoms with Gasteiger partial charge in [0.25, 0.3) is 0 Å². The minimum Gasteiger partial charge on any atom is -0.507 e. The van der Waals surface area contributed by atoms with Crippen LogP contribution in [-0.4, -0.2) is 16.2 Å². The quantitative estimate of drug-likeness (QED) is 0.180. The van der Waals surface area contributed by atoms with Gasteiger partial charge < -0.3 is 19.4 Å². The van der Waals surface area contributed by atoms with Crippen molar-refractivity contribution in [2.45, 2.75) is 105 Å². The Morgan fingerprint density at radius 3 is 1.50 bits per heavy atom. The molecule has 0 bridgehead atoms. The number of ether oxygens (including phenoxy) is 1. The van der Waals surface area contributed by atoms with Crippen LogP contribution in [0.25, 0.3) is 22.3 Å². The highest BCUT2D eigenvalue weighted by atomic mass is 16.5. The highest BCUT2D eigenvalue weighted by Crippen LogP contribution is 2.43. The lowest BCUT2D eigenvalue weighted by Gasteiger charge is -2.28. The first kappa shape index (κ1) is 32.8. The van der Waals surface area contributed by atoms with E-state index in [1.165, 1.54) is 6.07 Å². The van der Waals surface area contributed by atoms with Gasteiger partial charge in [-0.15, -0.1) is 0 Å². The van der Waals surface area contributed by atoms with Crippen LogP contribution in [0.4, 0.5) is 0 Å². The summed E-state index contributed by atoms with van der Waals surface area (Å²) in [6.07, 6.45) is 0. The van der Waals surface area contributed by atoms with Crippen LogP contribution in [0, 0.1) is 0 Å². The van der Waals surface area contributed by atoms with E-state index in [1.807, 2.05) is 95.2 Å². The minimum atomic E-state index is -0.581. The number of phenols is 2. The molecule has 6 heteroatoms. The Kier molecular flexibility index (Phi) is 8.08. The van der Waals surface area contributed by atoms with Crippen LogP contribution in [0.5, 0.6) is 17.2 Å². The van der Waals surface area contributed by atoms with Crippen molar-refractivity contribution in [1.82, 2.24) is 0 Å². The van der Waals surface area contributed by atoms with Crippen LogP contribution in [0.3, 0.4) is 0 Å². The predicted molar refractivity (Wildman–Crippen MR) is 177 cm³/mol. The molecule has 0 spiro atoms. The van der Waals surface area contributed by atoms with Gasteiger partial charge in [-0.25, -0.2) is 4.79 Å². The number of esters is 1. The zero-order chi connectivity index (χ0) is 33.2. The van der Waals surface area contributed by atoms with Crippen LogP contribution < -0.4 is 10.2 Å². The number of hydrogen-bond donors (Lipinski definition) is 2. The molecule has 44 heavy (non-hydrogen) atoms. The fourth-order valence-corrected chi connectivity index (χ4v) is 5.32. The van der Waals surface area contributed by atoms with Gasteiger partial charge in [-0.3, -0.25) is 4.79 Å². The number of hydrogen-bond acceptors (Lipinski definition) is 6. The third-order valence-electron chi connectivity index (χ3n) is 7.88. The standard InChI is InChI=1S/C38H46O6/c1-35(2,3)25-15-21(16-26(32(25)40)36(4,5)6)30-20-29(39)24-14-13-23(19-31(24)44-30)43-34(42)22-17-27(37(7,8)9)33(41)28(18-22)38(10,11)12/h13-20,40-41H,1-12H3. The lowest BCUT2D eigenvalue weighted by molar-refractivity contribution is 0.0734. The molecule has 0 saturated carbocycles. The summed E-state index contributed by atoms with van der Waals surface area (Å²) < 4.78 is 12.1. The molecule has 0 aliphatic rings. The topological polar surface area (TPSA) is 97.0 Å². The van der Waals surface area contributed by atoms with Crippen molar-refractivity contribution in [2.75, 3.05) is 0 Å². The van der Waals surface area contributed by atoms with E-state index in [9.17, 15) is 19.8 Å². The number of rotatable bonds is 3. The van der Waals surface area contributed by atoms with E-state index in [2.05, 4.69) is 0 Å². The summed E-state index contributed by atoms with van der Waals surface area (Å²) in [6.45, 7) is 24.0. The van der Waals surface area contributed by atoms with Gasteiger partial charge >= 0.3 is 5.97 Å². The Hall–Kier alpha value is -4.06. The Labute approximate surface area is 260 Å². The molecule has 0 saturated heterocycles. The molecule has 4 aromatic rings. The van der Waals surface area contributed by atoms with E-state index in [4.69, 9.17) is 9.15 Å². The number of fused-ring (bicyclic) bond motifs is 1. The highest BCUT2D eigenvalue weighted by Gasteiger charge is 2.29. The first-order chi connectivity index (χ1) is 20.0. The van der Waals surface area contributed by atoms with Gasteiger partial charge in [-0.1, -0.05) is 83.1 Å². The molecule has 3 aromatic carbocycles. The third-order valence-corrected chi connectivity index (χ3v) is 7.88. The van der Waals surface area contributed by atoms with Crippen molar-refractivity contribution in [2.24, 2.45) is 0 Å². The molecule has 0 radical (unpaired) electrons. The monoisotopic (exact) mass is 598 g/mol. The average Bonchev–Trinajstić information content (AvgIpc) is 2.85. The van der Waals surface area contributed by atoms with Crippen LogP contribution in [-0.2, 0) is 21.7 Å². The molecule has 0 atom stereocenters. The van der Waals surface area contributed by atoms with E-state index in [0.29, 0.717) is 33.4 Å². The van der Waals surface area contributed by atoms with Crippen molar-refractivity contribution >= 4 is 16.9 Å². The highest BCUT2D eigenvalue weighted by molar-refractivity contribution is 5.93. The molecule has 1 heterocycles. The average molecular weight is 599 g/mol. The van der Waals surface area contributed by atoms with Crippen molar-refractivity contribution in [1.29, 1.82) is 0 Å². The SMILES string of the molecule is CC(C)(C)c1cc(C(=O)Oc2ccc3c(=O)cc(-c4cc(C(C)(C)C)c(O)c(C(C)(C)C)c4)oc3c2)cc(C(C)(C)C)c1O. The smallest absolute Gasteiger partial charge is 0.343 e. The molecule has 4 rings (SSSR count). The largest absolute Gasteiger partial charge is 0.507 e. The van der Waals surface area contributed by atoms with E-state index in [0.717, 1.165) is 11.1 Å². The summed E-state index contributed by atoms with van der Waals surface area (Å²) in [5, 5.41) is 22.6. The predicted octanol–water partition coefficient (Wildman–Crippen LogP) is 9.28. The fourth-order valence-electron chi connectivity index (χ4n) is 5.32. The van der Waals surface area contributed by atoms with Crippen LogP contribution in [0.15, 0.2) is 57.7 Å². The number of phenolic OH excluding ortho intramolecular Hbond substituents is 2. The normalized spacial score (nSPS) is 12.9. The molecule has 2 N–H and O–H groups in total. The second-order valence-electron chi connectivity index (χ2n) is 15.9. The Bertz CT molecular complexity index is 1740. The molecule has 0 aliphatic carbocycles. The first-order valence-corrected chi connectivity index (χ1v) is 15.0. The van der Waals surface area contributed by atoms with E-state index in [-0.39, 0.29) is 39.1 Å². The molecule has 1 aromatic heterocycles. The van der Waals surface area contributed by atoms with Crippen molar-refractivity contribution in [3.8, 4) is 28.6 Å². The van der Waals surface area contributed by atoms with Crippen LogP contribution >= 0.6 is 0 Å². The summed E-state index contributed by atoms with van der Waals surface area (Å²) >= 11 is 0. The Morgan fingerprint density at radius 1 is 0.636 bits per heavy atom. The van der Waals surface area contributed by atoms with Gasteiger partial charge in [0.2, 0.25) is 0 Å². The summed E-state index contributed by atoms with van der Waals surface area (Å²) in [6, 6.07) is 13.2. The maximum atomic E-state index is 13.5. The van der Waals surface area contributed by atoms with E-state index < -0.39 is 16.8 Å². The fraction of sp³-hybridized carbons (Fsp3) is 0.421. The lowest BCUT2D eigenvalue weighted by Crippen LogP contribution is -2.20. The summed E-state index contributed by atoms with van der Waals surface area (Å²) in [4.78, 5) is 26.7. The molecular formula is C38H46O6. The van der Waals surface area contributed by atoms with E-state index >= 15 is 0 Å². The van der Waals surface area contributed by atoms with Crippen molar-refractivity contribution in [3.63, 3.8) is 0 Å². The number of aromatic hydroxyl groups is 2. The number of carbonyl (C=O) groups is 1. The maximum absolute atomic E-state index is 13.5. The summed E-state index contributed by atoms with van der Waals surface area (Å²) in [7, 11) is 0.